The molecule has 27 heavy (non-hydrogen) atoms. The summed E-state index contributed by atoms with van der Waals surface area (Å²) in [5, 5.41) is 3.22. The van der Waals surface area contributed by atoms with Crippen LogP contribution in [0.15, 0.2) is 34.8 Å². The molecule has 0 unspecified atom stereocenters. The van der Waals surface area contributed by atoms with E-state index in [4.69, 9.17) is 4.74 Å². The lowest BCUT2D eigenvalue weighted by atomic mass is 9.74. The number of carbonyl (C=O) groups is 1. The average molecular weight is 433 g/mol. The van der Waals surface area contributed by atoms with Crippen molar-refractivity contribution in [2.75, 3.05) is 19.8 Å². The monoisotopic (exact) mass is 432 g/mol. The number of ether oxygens (including phenoxy) is 1. The molecule has 0 radical (unpaired) electrons. The molecule has 0 bridgehead atoms. The molecule has 1 saturated heterocycles. The van der Waals surface area contributed by atoms with Crippen molar-refractivity contribution in [2.45, 2.75) is 52.0 Å². The van der Waals surface area contributed by atoms with Crippen LogP contribution in [0.25, 0.3) is 0 Å². The molecule has 0 spiro atoms. The third-order valence-electron chi connectivity index (χ3n) is 5.72. The van der Waals surface area contributed by atoms with Gasteiger partial charge in [0.15, 0.2) is 0 Å². The van der Waals surface area contributed by atoms with E-state index in [1.165, 1.54) is 5.56 Å². The molecule has 0 atom stereocenters. The Morgan fingerprint density at radius 2 is 1.96 bits per heavy atom. The molecule has 1 N–H and O–H groups in total. The van der Waals surface area contributed by atoms with E-state index in [1.54, 1.807) is 0 Å². The highest BCUT2D eigenvalue weighted by atomic mass is 79.9. The van der Waals surface area contributed by atoms with Gasteiger partial charge >= 0.3 is 0 Å². The number of aromatic nitrogens is 1. The summed E-state index contributed by atoms with van der Waals surface area (Å²) in [6, 6.07) is 10.8. The second-order valence-electron chi connectivity index (χ2n) is 7.83. The van der Waals surface area contributed by atoms with Crippen LogP contribution in [0.2, 0.25) is 0 Å². The number of aryl methyl sites for hydroxylation is 1. The quantitative estimate of drug-likeness (QED) is 0.727. The van der Waals surface area contributed by atoms with Crippen molar-refractivity contribution in [3.63, 3.8) is 0 Å². The molecular weight excluding hydrogens is 404 g/mol. The number of nitrogens with zero attached hydrogens (tertiary/aromatic N) is 1. The summed E-state index contributed by atoms with van der Waals surface area (Å²) in [6.45, 7) is 10.5. The zero-order chi connectivity index (χ0) is 19.6. The fraction of sp³-hybridized carbons (Fsp3) is 0.500. The molecule has 2 heterocycles. The number of hydrogen-bond donors (Lipinski definition) is 1. The lowest BCUT2D eigenvalue weighted by molar-refractivity contribution is 0.0487. The lowest BCUT2D eigenvalue weighted by Crippen LogP contribution is -2.44. The van der Waals surface area contributed by atoms with Crippen LogP contribution in [0.1, 0.15) is 60.0 Å². The highest BCUT2D eigenvalue weighted by Gasteiger charge is 2.35. The second kappa shape index (κ2) is 8.19. The first-order valence-corrected chi connectivity index (χ1v) is 10.4. The molecule has 1 aliphatic heterocycles. The maximum atomic E-state index is 13.0. The van der Waals surface area contributed by atoms with Crippen LogP contribution in [0.4, 0.5) is 0 Å². The SMILES string of the molecule is Cc1cc(C(=O)NCC2(c3cccc(Br)c3)CCOCC2)c(C)n1C(C)C. The minimum Gasteiger partial charge on any atom is -0.381 e. The molecule has 1 fully saturated rings. The number of nitrogens with one attached hydrogen (secondary N) is 1. The minimum atomic E-state index is -0.0821. The van der Waals surface area contributed by atoms with Crippen LogP contribution >= 0.6 is 15.9 Å². The molecule has 2 aromatic rings. The fourth-order valence-corrected chi connectivity index (χ4v) is 4.69. The standard InChI is InChI=1S/C22H29BrN2O2/c1-15(2)25-16(3)12-20(17(25)4)21(26)24-14-22(8-10-27-11-9-22)18-6-5-7-19(23)13-18/h5-7,12-13,15H,8-11,14H2,1-4H3,(H,24,26). The topological polar surface area (TPSA) is 43.3 Å². The first-order chi connectivity index (χ1) is 12.8. The first kappa shape index (κ1) is 20.2. The van der Waals surface area contributed by atoms with Crippen molar-refractivity contribution in [1.29, 1.82) is 0 Å². The van der Waals surface area contributed by atoms with Gasteiger partial charge in [0, 0.05) is 47.1 Å². The lowest BCUT2D eigenvalue weighted by Gasteiger charge is -2.38. The second-order valence-corrected chi connectivity index (χ2v) is 8.75. The molecule has 5 heteroatoms. The fourth-order valence-electron chi connectivity index (χ4n) is 4.29. The van der Waals surface area contributed by atoms with Crippen molar-refractivity contribution in [2.24, 2.45) is 0 Å². The van der Waals surface area contributed by atoms with Crippen LogP contribution in [-0.2, 0) is 10.2 Å². The van der Waals surface area contributed by atoms with Crippen molar-refractivity contribution in [3.05, 3.63) is 57.3 Å². The van der Waals surface area contributed by atoms with Crippen molar-refractivity contribution in [3.8, 4) is 0 Å². The summed E-state index contributed by atoms with van der Waals surface area (Å²) in [5.74, 6) is 0.0101. The number of halogens is 1. The zero-order valence-corrected chi connectivity index (χ0v) is 18.2. The van der Waals surface area contributed by atoms with E-state index < -0.39 is 0 Å². The summed E-state index contributed by atoms with van der Waals surface area (Å²) >= 11 is 3.58. The largest absolute Gasteiger partial charge is 0.381 e. The van der Waals surface area contributed by atoms with E-state index in [0.29, 0.717) is 12.6 Å². The number of carbonyl (C=O) groups excluding carboxylic acids is 1. The van der Waals surface area contributed by atoms with E-state index in [1.807, 2.05) is 19.1 Å². The zero-order valence-electron chi connectivity index (χ0n) is 16.6. The summed E-state index contributed by atoms with van der Waals surface area (Å²) in [6.07, 6.45) is 1.82. The van der Waals surface area contributed by atoms with E-state index in [-0.39, 0.29) is 11.3 Å². The Kier molecular flexibility index (Phi) is 6.11. The Morgan fingerprint density at radius 1 is 1.26 bits per heavy atom. The maximum Gasteiger partial charge on any atom is 0.253 e. The normalized spacial score (nSPS) is 16.5. The molecule has 1 aromatic heterocycles. The van der Waals surface area contributed by atoms with Gasteiger partial charge in [0.25, 0.3) is 5.91 Å². The van der Waals surface area contributed by atoms with Gasteiger partial charge < -0.3 is 14.6 Å². The van der Waals surface area contributed by atoms with Gasteiger partial charge in [-0.2, -0.15) is 0 Å². The third kappa shape index (κ3) is 4.14. The van der Waals surface area contributed by atoms with Crippen molar-refractivity contribution < 1.29 is 9.53 Å². The average Bonchev–Trinajstić information content (AvgIpc) is 2.95. The molecular formula is C22H29BrN2O2. The van der Waals surface area contributed by atoms with Gasteiger partial charge in [-0.3, -0.25) is 4.79 Å². The molecule has 1 amide bonds. The van der Waals surface area contributed by atoms with E-state index in [9.17, 15) is 4.79 Å². The van der Waals surface area contributed by atoms with Crippen LogP contribution in [-0.4, -0.2) is 30.2 Å². The molecule has 1 aromatic carbocycles. The van der Waals surface area contributed by atoms with Crippen LogP contribution in [0.5, 0.6) is 0 Å². The van der Waals surface area contributed by atoms with Crippen LogP contribution in [0.3, 0.4) is 0 Å². The Labute approximate surface area is 170 Å². The molecule has 146 valence electrons. The van der Waals surface area contributed by atoms with Crippen molar-refractivity contribution >= 4 is 21.8 Å². The molecule has 0 saturated carbocycles. The highest BCUT2D eigenvalue weighted by molar-refractivity contribution is 9.10. The van der Waals surface area contributed by atoms with Crippen LogP contribution < -0.4 is 5.32 Å². The molecule has 0 aliphatic carbocycles. The summed E-state index contributed by atoms with van der Waals surface area (Å²) < 4.78 is 8.89. The minimum absolute atomic E-state index is 0.0101. The van der Waals surface area contributed by atoms with E-state index >= 15 is 0 Å². The van der Waals surface area contributed by atoms with Gasteiger partial charge in [-0.05, 0) is 64.3 Å². The van der Waals surface area contributed by atoms with Gasteiger partial charge in [-0.1, -0.05) is 28.1 Å². The molecule has 4 nitrogen and oxygen atoms in total. The Morgan fingerprint density at radius 3 is 2.56 bits per heavy atom. The van der Waals surface area contributed by atoms with Gasteiger partial charge in [0.05, 0.1) is 5.56 Å². The predicted molar refractivity (Wildman–Crippen MR) is 112 cm³/mol. The number of hydrogen-bond acceptors (Lipinski definition) is 2. The smallest absolute Gasteiger partial charge is 0.253 e. The Bertz CT molecular complexity index is 820. The Hall–Kier alpha value is -1.59. The first-order valence-electron chi connectivity index (χ1n) is 9.64. The predicted octanol–water partition coefficient (Wildman–Crippen LogP) is 4.93. The molecule has 1 aliphatic rings. The number of rotatable bonds is 5. The van der Waals surface area contributed by atoms with Crippen molar-refractivity contribution in [1.82, 2.24) is 9.88 Å². The maximum absolute atomic E-state index is 13.0. The van der Waals surface area contributed by atoms with E-state index in [2.05, 4.69) is 64.8 Å². The van der Waals surface area contributed by atoms with Crippen LogP contribution in [0, 0.1) is 13.8 Å². The van der Waals surface area contributed by atoms with Gasteiger partial charge in [-0.15, -0.1) is 0 Å². The van der Waals surface area contributed by atoms with Gasteiger partial charge in [0.1, 0.15) is 0 Å². The number of amides is 1. The Balaban J connectivity index is 1.82. The highest BCUT2D eigenvalue weighted by Crippen LogP contribution is 2.35. The van der Waals surface area contributed by atoms with Gasteiger partial charge in [0.2, 0.25) is 0 Å². The number of benzene rings is 1. The van der Waals surface area contributed by atoms with Gasteiger partial charge in [-0.25, -0.2) is 0 Å². The third-order valence-corrected chi connectivity index (χ3v) is 6.21. The van der Waals surface area contributed by atoms with E-state index in [0.717, 1.165) is 47.5 Å². The summed E-state index contributed by atoms with van der Waals surface area (Å²) in [7, 11) is 0. The molecule has 3 rings (SSSR count). The summed E-state index contributed by atoms with van der Waals surface area (Å²) in [4.78, 5) is 13.0. The summed E-state index contributed by atoms with van der Waals surface area (Å²) in [5.41, 5.74) is 4.11.